The van der Waals surface area contributed by atoms with Crippen LogP contribution in [0.5, 0.6) is 0 Å². The second-order valence-corrected chi connectivity index (χ2v) is 3.67. The molecule has 16 heavy (non-hydrogen) atoms. The summed E-state index contributed by atoms with van der Waals surface area (Å²) in [7, 11) is 0. The van der Waals surface area contributed by atoms with Crippen LogP contribution in [0.2, 0.25) is 5.02 Å². The van der Waals surface area contributed by atoms with Crippen LogP contribution in [0.3, 0.4) is 0 Å². The van der Waals surface area contributed by atoms with Gasteiger partial charge in [0.2, 0.25) is 0 Å². The Labute approximate surface area is 101 Å². The summed E-state index contributed by atoms with van der Waals surface area (Å²) in [6.07, 6.45) is 0. The van der Waals surface area contributed by atoms with Crippen molar-refractivity contribution in [3.8, 4) is 0 Å². The van der Waals surface area contributed by atoms with Gasteiger partial charge in [0.25, 0.3) is 11.6 Å². The van der Waals surface area contributed by atoms with E-state index in [9.17, 15) is 14.9 Å². The van der Waals surface area contributed by atoms with Crippen molar-refractivity contribution >= 4 is 40.5 Å². The summed E-state index contributed by atoms with van der Waals surface area (Å²) in [6.45, 7) is 3.20. The minimum Gasteiger partial charge on any atom is -0.315 e. The van der Waals surface area contributed by atoms with Gasteiger partial charge in [0, 0.05) is 11.1 Å². The van der Waals surface area contributed by atoms with Crippen LogP contribution < -0.4 is 5.32 Å². The van der Waals surface area contributed by atoms with E-state index in [1.54, 1.807) is 0 Å². The Hall–Kier alpha value is -1.59. The fourth-order valence-corrected chi connectivity index (χ4v) is 1.17. The van der Waals surface area contributed by atoms with E-state index in [1.165, 1.54) is 12.1 Å². The van der Waals surface area contributed by atoms with Crippen molar-refractivity contribution in [3.63, 3.8) is 0 Å². The second kappa shape index (κ2) is 4.96. The molecule has 5 nitrogen and oxygen atoms in total. The number of rotatable bonds is 3. The van der Waals surface area contributed by atoms with Gasteiger partial charge in [-0.05, 0) is 12.1 Å². The molecular formula is C9H6Cl2N2O3. The highest BCUT2D eigenvalue weighted by atomic mass is 35.5. The molecule has 0 aromatic heterocycles. The van der Waals surface area contributed by atoms with E-state index >= 15 is 0 Å². The lowest BCUT2D eigenvalue weighted by Gasteiger charge is -2.04. The quantitative estimate of drug-likeness (QED) is 0.516. The maximum atomic E-state index is 11.2. The van der Waals surface area contributed by atoms with Gasteiger partial charge in [-0.25, -0.2) is 0 Å². The van der Waals surface area contributed by atoms with E-state index < -0.39 is 10.8 Å². The van der Waals surface area contributed by atoms with E-state index in [4.69, 9.17) is 23.2 Å². The molecule has 0 atom stereocenters. The Morgan fingerprint density at radius 1 is 1.50 bits per heavy atom. The van der Waals surface area contributed by atoms with Crippen molar-refractivity contribution in [1.29, 1.82) is 0 Å². The maximum absolute atomic E-state index is 11.2. The fraction of sp³-hybridized carbons (Fsp3) is 0. The molecule has 84 valence electrons. The number of nitro benzene ring substituents is 1. The molecule has 1 aromatic rings. The fourth-order valence-electron chi connectivity index (χ4n) is 0.952. The first-order chi connectivity index (χ1) is 7.41. The molecular weight excluding hydrogens is 255 g/mol. The molecule has 1 N–H and O–H groups in total. The number of nitro groups is 1. The Kier molecular flexibility index (Phi) is 3.87. The third kappa shape index (κ3) is 2.95. The van der Waals surface area contributed by atoms with Crippen LogP contribution in [0.25, 0.3) is 0 Å². The van der Waals surface area contributed by atoms with Gasteiger partial charge in [0.1, 0.15) is 5.69 Å². The SMILES string of the molecule is C=C(Cl)C(=O)Nc1ccc(Cl)cc1[N+](=O)[O-]. The summed E-state index contributed by atoms with van der Waals surface area (Å²) in [5.74, 6) is -0.702. The topological polar surface area (TPSA) is 72.2 Å². The van der Waals surface area contributed by atoms with Gasteiger partial charge in [-0.1, -0.05) is 29.8 Å². The molecule has 1 aromatic carbocycles. The zero-order valence-corrected chi connectivity index (χ0v) is 9.38. The van der Waals surface area contributed by atoms with Crippen LogP contribution in [0.15, 0.2) is 29.8 Å². The predicted molar refractivity (Wildman–Crippen MR) is 61.7 cm³/mol. The first kappa shape index (κ1) is 12.5. The van der Waals surface area contributed by atoms with Gasteiger partial charge in [-0.15, -0.1) is 0 Å². The van der Waals surface area contributed by atoms with Crippen molar-refractivity contribution < 1.29 is 9.72 Å². The van der Waals surface area contributed by atoms with Crippen LogP contribution in [-0.4, -0.2) is 10.8 Å². The van der Waals surface area contributed by atoms with E-state index in [0.29, 0.717) is 0 Å². The highest BCUT2D eigenvalue weighted by molar-refractivity contribution is 6.43. The normalized spacial score (nSPS) is 9.62. The number of nitrogens with one attached hydrogen (secondary N) is 1. The Balaban J connectivity index is 3.09. The summed E-state index contributed by atoms with van der Waals surface area (Å²) < 4.78 is 0. The molecule has 0 heterocycles. The number of hydrogen-bond donors (Lipinski definition) is 1. The van der Waals surface area contributed by atoms with Crippen molar-refractivity contribution in [2.45, 2.75) is 0 Å². The summed E-state index contributed by atoms with van der Waals surface area (Å²) in [5.41, 5.74) is -0.292. The Bertz CT molecular complexity index is 474. The minimum atomic E-state index is -0.702. The van der Waals surface area contributed by atoms with Crippen molar-refractivity contribution in [2.24, 2.45) is 0 Å². The molecule has 0 saturated heterocycles. The third-order valence-corrected chi connectivity index (χ3v) is 2.06. The van der Waals surface area contributed by atoms with E-state index in [-0.39, 0.29) is 21.4 Å². The van der Waals surface area contributed by atoms with Crippen LogP contribution >= 0.6 is 23.2 Å². The zero-order valence-electron chi connectivity index (χ0n) is 7.87. The van der Waals surface area contributed by atoms with Crippen molar-refractivity contribution in [3.05, 3.63) is 44.9 Å². The molecule has 1 amide bonds. The standard InChI is InChI=1S/C9H6Cl2N2O3/c1-5(10)9(14)12-7-3-2-6(11)4-8(7)13(15)16/h2-4H,1H2,(H,12,14). The highest BCUT2D eigenvalue weighted by Crippen LogP contribution is 2.28. The summed E-state index contributed by atoms with van der Waals surface area (Å²) in [4.78, 5) is 21.2. The number of carbonyl (C=O) groups excluding carboxylic acids is 1. The molecule has 7 heteroatoms. The number of benzene rings is 1. The number of carbonyl (C=O) groups is 1. The van der Waals surface area contributed by atoms with Crippen LogP contribution in [0, 0.1) is 10.1 Å². The van der Waals surface area contributed by atoms with Crippen molar-refractivity contribution in [2.75, 3.05) is 5.32 Å². The van der Waals surface area contributed by atoms with E-state index in [2.05, 4.69) is 11.9 Å². The average Bonchev–Trinajstić information content (AvgIpc) is 2.20. The largest absolute Gasteiger partial charge is 0.315 e. The number of hydrogen-bond acceptors (Lipinski definition) is 3. The minimum absolute atomic E-state index is 0.0150. The van der Waals surface area contributed by atoms with Crippen LogP contribution in [0.4, 0.5) is 11.4 Å². The van der Waals surface area contributed by atoms with Gasteiger partial charge < -0.3 is 5.32 Å². The zero-order chi connectivity index (χ0) is 12.3. The van der Waals surface area contributed by atoms with Gasteiger partial charge in [0.15, 0.2) is 0 Å². The molecule has 0 spiro atoms. The molecule has 0 aliphatic rings. The number of amides is 1. The van der Waals surface area contributed by atoms with Gasteiger partial charge in [0.05, 0.1) is 9.96 Å². The molecule has 0 aliphatic heterocycles. The first-order valence-electron chi connectivity index (χ1n) is 4.01. The number of anilines is 1. The average molecular weight is 261 g/mol. The summed E-state index contributed by atoms with van der Waals surface area (Å²) in [6, 6.07) is 3.87. The molecule has 0 saturated carbocycles. The molecule has 0 aliphatic carbocycles. The monoisotopic (exact) mass is 260 g/mol. The molecule has 1 rings (SSSR count). The number of nitrogens with zero attached hydrogens (tertiary/aromatic N) is 1. The lowest BCUT2D eigenvalue weighted by Crippen LogP contribution is -2.12. The summed E-state index contributed by atoms with van der Waals surface area (Å²) in [5, 5.41) is 12.9. The second-order valence-electron chi connectivity index (χ2n) is 2.78. The Morgan fingerprint density at radius 2 is 2.12 bits per heavy atom. The maximum Gasteiger partial charge on any atom is 0.294 e. The molecule has 0 radical (unpaired) electrons. The smallest absolute Gasteiger partial charge is 0.294 e. The lowest BCUT2D eigenvalue weighted by atomic mass is 10.2. The van der Waals surface area contributed by atoms with Crippen LogP contribution in [0.1, 0.15) is 0 Å². The lowest BCUT2D eigenvalue weighted by molar-refractivity contribution is -0.383. The van der Waals surface area contributed by atoms with E-state index in [0.717, 1.165) is 6.07 Å². The molecule has 0 unspecified atom stereocenters. The Morgan fingerprint density at radius 3 is 2.62 bits per heavy atom. The predicted octanol–water partition coefficient (Wildman–Crippen LogP) is 2.94. The first-order valence-corrected chi connectivity index (χ1v) is 4.77. The summed E-state index contributed by atoms with van der Waals surface area (Å²) >= 11 is 10.9. The van der Waals surface area contributed by atoms with Gasteiger partial charge in [-0.2, -0.15) is 0 Å². The van der Waals surface area contributed by atoms with Gasteiger partial charge in [-0.3, -0.25) is 14.9 Å². The third-order valence-electron chi connectivity index (χ3n) is 1.65. The van der Waals surface area contributed by atoms with Crippen molar-refractivity contribution in [1.82, 2.24) is 0 Å². The van der Waals surface area contributed by atoms with Gasteiger partial charge >= 0.3 is 0 Å². The highest BCUT2D eigenvalue weighted by Gasteiger charge is 2.16. The van der Waals surface area contributed by atoms with Crippen LogP contribution in [-0.2, 0) is 4.79 Å². The molecule has 0 bridgehead atoms. The number of halogens is 2. The molecule has 0 fully saturated rings. The van der Waals surface area contributed by atoms with E-state index in [1.807, 2.05) is 0 Å².